The fourth-order valence-corrected chi connectivity index (χ4v) is 4.74. The highest BCUT2D eigenvalue weighted by Crippen LogP contribution is 2.28. The number of benzene rings is 2. The normalized spacial score (nSPS) is 12.7. The van der Waals surface area contributed by atoms with Crippen molar-refractivity contribution in [2.45, 2.75) is 52.1 Å². The molecule has 35 heavy (non-hydrogen) atoms. The maximum atomic E-state index is 13.6. The number of carbonyl (C=O) groups excluding carboxylic acids is 2. The molecule has 192 valence electrons. The Morgan fingerprint density at radius 1 is 1.03 bits per heavy atom. The molecule has 2 rings (SSSR count). The molecule has 1 atom stereocenters. The quantitative estimate of drug-likeness (QED) is 0.478. The molecule has 2 amide bonds. The van der Waals surface area contributed by atoms with Gasteiger partial charge in [-0.15, -0.1) is 0 Å². The van der Waals surface area contributed by atoms with Gasteiger partial charge in [-0.25, -0.2) is 8.42 Å². The molecule has 0 saturated carbocycles. The molecule has 1 N–H and O–H groups in total. The van der Waals surface area contributed by atoms with E-state index in [2.05, 4.69) is 5.32 Å². The van der Waals surface area contributed by atoms with E-state index in [-0.39, 0.29) is 28.2 Å². The number of anilines is 1. The summed E-state index contributed by atoms with van der Waals surface area (Å²) in [7, 11) is -3.84. The minimum atomic E-state index is -3.84. The monoisotopic (exact) mass is 541 g/mol. The number of carbonyl (C=O) groups is 2. The van der Waals surface area contributed by atoms with Crippen molar-refractivity contribution < 1.29 is 18.0 Å². The van der Waals surface area contributed by atoms with E-state index in [0.717, 1.165) is 16.1 Å². The standard InChI is InChI=1S/C25H33Cl2N3O4S/c1-6-22(24(32)28-25(2,3)4)29(15-14-18-10-8-7-9-11-18)23(31)17-30(35(5,33)34)19-12-13-20(26)21(27)16-19/h7-13,16,22H,6,14-15,17H2,1-5H3,(H,28,32)/t22-/m0/s1. The van der Waals surface area contributed by atoms with Gasteiger partial charge in [0.1, 0.15) is 12.6 Å². The summed E-state index contributed by atoms with van der Waals surface area (Å²) in [5, 5.41) is 3.37. The Bertz CT molecular complexity index is 1140. The Balaban J connectivity index is 2.40. The lowest BCUT2D eigenvalue weighted by atomic mass is 10.1. The van der Waals surface area contributed by atoms with E-state index in [0.29, 0.717) is 12.8 Å². The molecule has 0 spiro atoms. The molecule has 0 aliphatic heterocycles. The topological polar surface area (TPSA) is 86.8 Å². The summed E-state index contributed by atoms with van der Waals surface area (Å²) in [6.45, 7) is 7.18. The second-order valence-corrected chi connectivity index (χ2v) is 12.1. The lowest BCUT2D eigenvalue weighted by molar-refractivity contribution is -0.140. The molecule has 0 aliphatic rings. The van der Waals surface area contributed by atoms with Crippen LogP contribution in [0.4, 0.5) is 5.69 Å². The van der Waals surface area contributed by atoms with Crippen LogP contribution in [0.25, 0.3) is 0 Å². The van der Waals surface area contributed by atoms with Crippen molar-refractivity contribution in [1.82, 2.24) is 10.2 Å². The number of hydrogen-bond donors (Lipinski definition) is 1. The van der Waals surface area contributed by atoms with E-state index >= 15 is 0 Å². The summed E-state index contributed by atoms with van der Waals surface area (Å²) in [6, 6.07) is 13.2. The molecule has 2 aromatic rings. The van der Waals surface area contributed by atoms with Crippen LogP contribution in [0.3, 0.4) is 0 Å². The molecule has 2 aromatic carbocycles. The van der Waals surface area contributed by atoms with Crippen LogP contribution in [0, 0.1) is 0 Å². The van der Waals surface area contributed by atoms with Gasteiger partial charge >= 0.3 is 0 Å². The first-order chi connectivity index (χ1) is 16.2. The Morgan fingerprint density at radius 2 is 1.66 bits per heavy atom. The molecule has 0 radical (unpaired) electrons. The van der Waals surface area contributed by atoms with Crippen LogP contribution >= 0.6 is 23.2 Å². The molecular weight excluding hydrogens is 509 g/mol. The third-order valence-electron chi connectivity index (χ3n) is 5.24. The van der Waals surface area contributed by atoms with Gasteiger partial charge < -0.3 is 10.2 Å². The van der Waals surface area contributed by atoms with Crippen LogP contribution in [0.5, 0.6) is 0 Å². The van der Waals surface area contributed by atoms with E-state index < -0.39 is 34.1 Å². The maximum Gasteiger partial charge on any atom is 0.244 e. The van der Waals surface area contributed by atoms with E-state index in [1.165, 1.54) is 23.1 Å². The number of nitrogens with zero attached hydrogens (tertiary/aromatic N) is 2. The average Bonchev–Trinajstić information content (AvgIpc) is 2.75. The van der Waals surface area contributed by atoms with E-state index in [1.54, 1.807) is 0 Å². The minimum absolute atomic E-state index is 0.169. The third-order valence-corrected chi connectivity index (χ3v) is 7.12. The van der Waals surface area contributed by atoms with Crippen LogP contribution in [-0.2, 0) is 26.0 Å². The smallest absolute Gasteiger partial charge is 0.244 e. The van der Waals surface area contributed by atoms with Gasteiger partial charge in [0.15, 0.2) is 0 Å². The molecule has 0 fully saturated rings. The lowest BCUT2D eigenvalue weighted by Crippen LogP contribution is -2.56. The van der Waals surface area contributed by atoms with Crippen LogP contribution < -0.4 is 9.62 Å². The van der Waals surface area contributed by atoms with Crippen molar-refractivity contribution in [3.8, 4) is 0 Å². The number of amides is 2. The maximum absolute atomic E-state index is 13.6. The number of halogens is 2. The van der Waals surface area contributed by atoms with Gasteiger partial charge in [0, 0.05) is 12.1 Å². The zero-order chi connectivity index (χ0) is 26.4. The van der Waals surface area contributed by atoms with Gasteiger partial charge in [-0.05, 0) is 57.4 Å². The molecule has 0 aromatic heterocycles. The Kier molecular flexibility index (Phi) is 10.0. The number of rotatable bonds is 10. The zero-order valence-corrected chi connectivity index (χ0v) is 23.0. The van der Waals surface area contributed by atoms with Gasteiger partial charge in [0.2, 0.25) is 21.8 Å². The minimum Gasteiger partial charge on any atom is -0.350 e. The van der Waals surface area contributed by atoms with Crippen molar-refractivity contribution in [2.75, 3.05) is 23.7 Å². The summed E-state index contributed by atoms with van der Waals surface area (Å²) >= 11 is 12.1. The number of hydrogen-bond acceptors (Lipinski definition) is 4. The first-order valence-corrected chi connectivity index (χ1v) is 13.9. The fraction of sp³-hybridized carbons (Fsp3) is 0.440. The molecule has 10 heteroatoms. The largest absolute Gasteiger partial charge is 0.350 e. The van der Waals surface area contributed by atoms with Gasteiger partial charge in [-0.3, -0.25) is 13.9 Å². The molecular formula is C25H33Cl2N3O4S. The predicted molar refractivity (Wildman–Crippen MR) is 142 cm³/mol. The summed E-state index contributed by atoms with van der Waals surface area (Å²) in [4.78, 5) is 28.2. The summed E-state index contributed by atoms with van der Waals surface area (Å²) in [5.41, 5.74) is 0.726. The summed E-state index contributed by atoms with van der Waals surface area (Å²) in [5.74, 6) is -0.782. The Morgan fingerprint density at radius 3 is 2.17 bits per heavy atom. The lowest BCUT2D eigenvalue weighted by Gasteiger charge is -2.34. The van der Waals surface area contributed by atoms with Crippen molar-refractivity contribution in [1.29, 1.82) is 0 Å². The first-order valence-electron chi connectivity index (χ1n) is 11.3. The third kappa shape index (κ3) is 8.70. The molecule has 0 bridgehead atoms. The molecule has 0 heterocycles. The number of sulfonamides is 1. The van der Waals surface area contributed by atoms with Gasteiger partial charge in [-0.2, -0.15) is 0 Å². The van der Waals surface area contributed by atoms with Crippen molar-refractivity contribution in [3.05, 3.63) is 64.1 Å². The van der Waals surface area contributed by atoms with E-state index in [1.807, 2.05) is 58.0 Å². The first kappa shape index (κ1) is 28.9. The van der Waals surface area contributed by atoms with Gasteiger partial charge in [0.05, 0.1) is 22.0 Å². The molecule has 0 saturated heterocycles. The van der Waals surface area contributed by atoms with E-state index in [9.17, 15) is 18.0 Å². The highest BCUT2D eigenvalue weighted by molar-refractivity contribution is 7.92. The SMILES string of the molecule is CC[C@@H](C(=O)NC(C)(C)C)N(CCc1ccccc1)C(=O)CN(c1ccc(Cl)c(Cl)c1)S(C)(=O)=O. The van der Waals surface area contributed by atoms with Crippen molar-refractivity contribution in [2.24, 2.45) is 0 Å². The van der Waals surface area contributed by atoms with Gasteiger partial charge in [0.25, 0.3) is 0 Å². The summed E-state index contributed by atoms with van der Waals surface area (Å²) < 4.78 is 26.2. The zero-order valence-electron chi connectivity index (χ0n) is 20.7. The second kappa shape index (κ2) is 12.1. The fourth-order valence-electron chi connectivity index (χ4n) is 3.60. The van der Waals surface area contributed by atoms with Crippen LogP contribution in [-0.4, -0.2) is 56.1 Å². The van der Waals surface area contributed by atoms with Crippen molar-refractivity contribution in [3.63, 3.8) is 0 Å². The average molecular weight is 543 g/mol. The molecule has 0 unspecified atom stereocenters. The highest BCUT2D eigenvalue weighted by atomic mass is 35.5. The van der Waals surface area contributed by atoms with Crippen molar-refractivity contribution >= 4 is 50.7 Å². The van der Waals surface area contributed by atoms with Crippen LogP contribution in [0.2, 0.25) is 10.0 Å². The Labute approximate surface area is 218 Å². The van der Waals surface area contributed by atoms with Crippen LogP contribution in [0.15, 0.2) is 48.5 Å². The van der Waals surface area contributed by atoms with Gasteiger partial charge in [-0.1, -0.05) is 60.5 Å². The summed E-state index contributed by atoms with van der Waals surface area (Å²) in [6.07, 6.45) is 1.90. The van der Waals surface area contributed by atoms with E-state index in [4.69, 9.17) is 23.2 Å². The molecule has 0 aliphatic carbocycles. The predicted octanol–water partition coefficient (Wildman–Crippen LogP) is 4.52. The molecule has 7 nitrogen and oxygen atoms in total. The van der Waals surface area contributed by atoms with Crippen LogP contribution in [0.1, 0.15) is 39.7 Å². The second-order valence-electron chi connectivity index (χ2n) is 9.35. The Hall–Kier alpha value is -2.29. The number of nitrogens with one attached hydrogen (secondary N) is 1. The highest BCUT2D eigenvalue weighted by Gasteiger charge is 2.32.